The lowest BCUT2D eigenvalue weighted by atomic mass is 10.1. The topological polar surface area (TPSA) is 116 Å². The molecular formula is C18H26N4O5. The molecule has 1 saturated heterocycles. The highest BCUT2D eigenvalue weighted by molar-refractivity contribution is 5.85. The molecule has 2 aliphatic rings. The predicted octanol–water partition coefficient (Wildman–Crippen LogP) is 0.806. The second kappa shape index (κ2) is 7.59. The number of aromatic nitrogens is 1. The average Bonchev–Trinajstić information content (AvgIpc) is 3.03. The maximum absolute atomic E-state index is 12.4. The zero-order chi connectivity index (χ0) is 19.6. The monoisotopic (exact) mass is 378 g/mol. The number of fused-ring (bicyclic) bond motifs is 1. The molecule has 2 amide bonds. The van der Waals surface area contributed by atoms with Crippen LogP contribution in [0.2, 0.25) is 0 Å². The molecule has 1 aromatic heterocycles. The van der Waals surface area contributed by atoms with Crippen LogP contribution in [0.1, 0.15) is 32.9 Å². The third-order valence-corrected chi connectivity index (χ3v) is 4.32. The van der Waals surface area contributed by atoms with E-state index < -0.39 is 23.6 Å². The van der Waals surface area contributed by atoms with Crippen LogP contribution in [0.5, 0.6) is 11.5 Å². The first-order chi connectivity index (χ1) is 12.7. The minimum absolute atomic E-state index is 0.0926. The summed E-state index contributed by atoms with van der Waals surface area (Å²) in [6.07, 6.45) is 1.53. The summed E-state index contributed by atoms with van der Waals surface area (Å²) in [4.78, 5) is 29.9. The van der Waals surface area contributed by atoms with Crippen LogP contribution in [0.15, 0.2) is 12.3 Å². The average molecular weight is 378 g/mol. The Morgan fingerprint density at radius 3 is 2.70 bits per heavy atom. The third kappa shape index (κ3) is 4.79. The van der Waals surface area contributed by atoms with Crippen molar-refractivity contribution in [3.63, 3.8) is 0 Å². The lowest BCUT2D eigenvalue weighted by Crippen LogP contribution is -2.46. The van der Waals surface area contributed by atoms with Crippen molar-refractivity contribution in [3.05, 3.63) is 18.0 Å². The van der Waals surface area contributed by atoms with E-state index in [-0.39, 0.29) is 6.04 Å². The van der Waals surface area contributed by atoms with Gasteiger partial charge in [-0.3, -0.25) is 14.7 Å². The lowest BCUT2D eigenvalue weighted by Gasteiger charge is -2.27. The number of primary amides is 1. The smallest absolute Gasteiger partial charge is 0.411 e. The van der Waals surface area contributed by atoms with Crippen LogP contribution in [0.4, 0.5) is 4.79 Å². The van der Waals surface area contributed by atoms with E-state index in [2.05, 4.69) is 10.3 Å². The number of hydrogen-bond donors (Lipinski definition) is 2. The summed E-state index contributed by atoms with van der Waals surface area (Å²) in [7, 11) is 0. The predicted molar refractivity (Wildman–Crippen MR) is 96.4 cm³/mol. The molecule has 9 nitrogen and oxygen atoms in total. The Labute approximate surface area is 158 Å². The molecule has 0 saturated carbocycles. The summed E-state index contributed by atoms with van der Waals surface area (Å²) in [5.74, 6) is 0.767. The van der Waals surface area contributed by atoms with Gasteiger partial charge in [0.05, 0.1) is 11.9 Å². The van der Waals surface area contributed by atoms with Crippen LogP contribution in [0.25, 0.3) is 0 Å². The van der Waals surface area contributed by atoms with Crippen LogP contribution in [-0.4, -0.2) is 59.3 Å². The van der Waals surface area contributed by atoms with Crippen LogP contribution >= 0.6 is 0 Å². The number of likely N-dealkylation sites (tertiary alicyclic amines) is 1. The molecule has 1 fully saturated rings. The number of nitrogens with one attached hydrogen (secondary N) is 1. The first-order valence-corrected chi connectivity index (χ1v) is 9.00. The van der Waals surface area contributed by atoms with E-state index in [9.17, 15) is 9.59 Å². The number of nitrogens with zero attached hydrogens (tertiary/aromatic N) is 2. The number of nitrogens with two attached hydrogens (primary N) is 1. The molecule has 0 aromatic carbocycles. The Morgan fingerprint density at radius 2 is 2.04 bits per heavy atom. The van der Waals surface area contributed by atoms with Crippen molar-refractivity contribution in [1.29, 1.82) is 0 Å². The van der Waals surface area contributed by atoms with Gasteiger partial charge < -0.3 is 25.3 Å². The number of ether oxygens (including phenoxy) is 3. The van der Waals surface area contributed by atoms with Crippen LogP contribution in [0, 0.1) is 0 Å². The molecule has 2 atom stereocenters. The molecular weight excluding hydrogens is 352 g/mol. The fourth-order valence-corrected chi connectivity index (χ4v) is 3.11. The summed E-state index contributed by atoms with van der Waals surface area (Å²) >= 11 is 0. The van der Waals surface area contributed by atoms with E-state index in [1.54, 1.807) is 27.0 Å². The number of carbonyl (C=O) groups is 2. The van der Waals surface area contributed by atoms with Gasteiger partial charge in [0.1, 0.15) is 24.9 Å². The molecule has 148 valence electrons. The Morgan fingerprint density at radius 1 is 1.33 bits per heavy atom. The molecule has 1 aromatic rings. The molecule has 2 aliphatic heterocycles. The largest absolute Gasteiger partial charge is 0.486 e. The van der Waals surface area contributed by atoms with Gasteiger partial charge in [-0.15, -0.1) is 0 Å². The van der Waals surface area contributed by atoms with Gasteiger partial charge in [0, 0.05) is 25.2 Å². The van der Waals surface area contributed by atoms with E-state index in [0.717, 1.165) is 5.69 Å². The summed E-state index contributed by atoms with van der Waals surface area (Å²) in [6.45, 7) is 7.18. The van der Waals surface area contributed by atoms with Gasteiger partial charge in [-0.25, -0.2) is 4.79 Å². The van der Waals surface area contributed by atoms with Gasteiger partial charge in [-0.2, -0.15) is 0 Å². The van der Waals surface area contributed by atoms with Crippen LogP contribution < -0.4 is 20.5 Å². The second-order valence-corrected chi connectivity index (χ2v) is 7.68. The zero-order valence-electron chi connectivity index (χ0n) is 15.9. The highest BCUT2D eigenvalue weighted by Crippen LogP contribution is 2.29. The molecule has 0 spiro atoms. The van der Waals surface area contributed by atoms with Gasteiger partial charge in [0.25, 0.3) is 0 Å². The Kier molecular flexibility index (Phi) is 5.41. The molecule has 27 heavy (non-hydrogen) atoms. The maximum Gasteiger partial charge on any atom is 0.411 e. The molecule has 9 heteroatoms. The van der Waals surface area contributed by atoms with Crippen molar-refractivity contribution in [2.24, 2.45) is 5.73 Å². The Balaban J connectivity index is 1.61. The van der Waals surface area contributed by atoms with Gasteiger partial charge in [-0.05, 0) is 27.2 Å². The highest BCUT2D eigenvalue weighted by Gasteiger charge is 2.40. The van der Waals surface area contributed by atoms with E-state index in [4.69, 9.17) is 19.9 Å². The minimum Gasteiger partial charge on any atom is -0.486 e. The molecule has 0 unspecified atom stereocenters. The number of hydrogen-bond acceptors (Lipinski definition) is 7. The Hall–Kier alpha value is -2.55. The summed E-state index contributed by atoms with van der Waals surface area (Å²) in [5, 5.41) is 3.32. The maximum atomic E-state index is 12.4. The van der Waals surface area contributed by atoms with Crippen LogP contribution in [-0.2, 0) is 16.1 Å². The van der Waals surface area contributed by atoms with Crippen molar-refractivity contribution in [2.45, 2.75) is 51.4 Å². The third-order valence-electron chi connectivity index (χ3n) is 4.32. The minimum atomic E-state index is -0.689. The normalized spacial score (nSPS) is 21.8. The van der Waals surface area contributed by atoms with Crippen molar-refractivity contribution in [1.82, 2.24) is 15.2 Å². The van der Waals surface area contributed by atoms with Gasteiger partial charge in [0.2, 0.25) is 5.91 Å². The van der Waals surface area contributed by atoms with Crippen LogP contribution in [0.3, 0.4) is 0 Å². The summed E-state index contributed by atoms with van der Waals surface area (Å²) in [6, 6.07) is 1.05. The fourth-order valence-electron chi connectivity index (χ4n) is 3.11. The first kappa shape index (κ1) is 19.2. The van der Waals surface area contributed by atoms with E-state index in [1.165, 1.54) is 4.90 Å². The molecule has 0 radical (unpaired) electrons. The van der Waals surface area contributed by atoms with Crippen molar-refractivity contribution in [3.8, 4) is 11.5 Å². The number of rotatable bonds is 4. The van der Waals surface area contributed by atoms with E-state index in [1.807, 2.05) is 6.07 Å². The molecule has 3 rings (SSSR count). The second-order valence-electron chi connectivity index (χ2n) is 7.68. The van der Waals surface area contributed by atoms with Gasteiger partial charge in [0.15, 0.2) is 11.5 Å². The van der Waals surface area contributed by atoms with E-state index >= 15 is 0 Å². The molecule has 0 bridgehead atoms. The van der Waals surface area contributed by atoms with Crippen molar-refractivity contribution >= 4 is 12.0 Å². The molecule has 3 N–H and O–H groups in total. The highest BCUT2D eigenvalue weighted by atomic mass is 16.6. The van der Waals surface area contributed by atoms with E-state index in [0.29, 0.717) is 44.2 Å². The standard InChI is InChI=1S/C18H26N4O5/c1-18(2,3)27-17(24)22-10-12(6-13(22)16(19)23)20-8-11-7-14-15(9-21-11)26-5-4-25-14/h7,9,12-13,20H,4-6,8,10H2,1-3H3,(H2,19,23)/t12-,13+/m1/s1. The molecule has 0 aliphatic carbocycles. The Bertz CT molecular complexity index is 718. The SMILES string of the molecule is CC(C)(C)OC(=O)N1C[C@H](NCc2cc3c(cn2)OCCO3)C[C@H]1C(N)=O. The lowest BCUT2D eigenvalue weighted by molar-refractivity contribution is -0.122. The summed E-state index contributed by atoms with van der Waals surface area (Å²) < 4.78 is 16.4. The quantitative estimate of drug-likeness (QED) is 0.796. The zero-order valence-corrected chi connectivity index (χ0v) is 15.9. The van der Waals surface area contributed by atoms with Crippen molar-refractivity contribution in [2.75, 3.05) is 19.8 Å². The number of amides is 2. The van der Waals surface area contributed by atoms with Gasteiger partial charge >= 0.3 is 6.09 Å². The number of carbonyl (C=O) groups excluding carboxylic acids is 2. The van der Waals surface area contributed by atoms with Crippen molar-refractivity contribution < 1.29 is 23.8 Å². The summed E-state index contributed by atoms with van der Waals surface area (Å²) in [5.41, 5.74) is 5.62. The first-order valence-electron chi connectivity index (χ1n) is 9.00. The fraction of sp³-hybridized carbons (Fsp3) is 0.611. The molecule has 3 heterocycles. The van der Waals surface area contributed by atoms with Gasteiger partial charge in [-0.1, -0.05) is 0 Å². The number of pyridine rings is 1.